The first kappa shape index (κ1) is 19.2. The lowest BCUT2D eigenvalue weighted by atomic mass is 10.0. The third-order valence-electron chi connectivity index (χ3n) is 4.88. The number of fused-ring (bicyclic) bond motifs is 1. The van der Waals surface area contributed by atoms with E-state index < -0.39 is 0 Å². The molecule has 0 saturated heterocycles. The number of hydrogen-bond donors (Lipinski definition) is 2. The van der Waals surface area contributed by atoms with Gasteiger partial charge in [0.15, 0.2) is 0 Å². The lowest BCUT2D eigenvalue weighted by molar-refractivity contribution is 0.0940. The standard InChI is InChI=1S/C23H21ClN4O/c1-13-9-18(10-14(2)25-13)22-20-12-17(7-8-21(20)27-28-22)23(29)26-15(3)16-5-4-6-19(24)11-16/h4-12,15H,1-3H3,(H,26,29)(H,27,28). The van der Waals surface area contributed by atoms with Crippen LogP contribution in [0.2, 0.25) is 5.02 Å². The summed E-state index contributed by atoms with van der Waals surface area (Å²) in [7, 11) is 0. The van der Waals surface area contributed by atoms with Crippen molar-refractivity contribution >= 4 is 28.4 Å². The Morgan fingerprint density at radius 3 is 2.55 bits per heavy atom. The van der Waals surface area contributed by atoms with E-state index in [1.54, 1.807) is 6.07 Å². The number of aromatic nitrogens is 3. The number of carbonyl (C=O) groups is 1. The number of nitrogens with one attached hydrogen (secondary N) is 2. The van der Waals surface area contributed by atoms with Crippen LogP contribution in [0.3, 0.4) is 0 Å². The number of aromatic amines is 1. The van der Waals surface area contributed by atoms with Gasteiger partial charge in [-0.2, -0.15) is 5.10 Å². The van der Waals surface area contributed by atoms with Gasteiger partial charge in [-0.1, -0.05) is 23.7 Å². The van der Waals surface area contributed by atoms with Crippen LogP contribution in [0.15, 0.2) is 54.6 Å². The van der Waals surface area contributed by atoms with Crippen LogP contribution in [0.25, 0.3) is 22.2 Å². The van der Waals surface area contributed by atoms with Crippen LogP contribution in [-0.2, 0) is 0 Å². The predicted molar refractivity (Wildman–Crippen MR) is 116 cm³/mol. The summed E-state index contributed by atoms with van der Waals surface area (Å²) in [6, 6.07) is 16.9. The van der Waals surface area contributed by atoms with Gasteiger partial charge in [0.1, 0.15) is 5.69 Å². The Morgan fingerprint density at radius 2 is 1.83 bits per heavy atom. The summed E-state index contributed by atoms with van der Waals surface area (Å²) >= 11 is 6.07. The molecule has 2 N–H and O–H groups in total. The van der Waals surface area contributed by atoms with Crippen LogP contribution in [0.5, 0.6) is 0 Å². The van der Waals surface area contributed by atoms with Crippen molar-refractivity contribution < 1.29 is 4.79 Å². The van der Waals surface area contributed by atoms with Crippen LogP contribution < -0.4 is 5.32 Å². The monoisotopic (exact) mass is 404 g/mol. The second-order valence-electron chi connectivity index (χ2n) is 7.22. The van der Waals surface area contributed by atoms with Gasteiger partial charge in [-0.3, -0.25) is 14.9 Å². The van der Waals surface area contributed by atoms with E-state index in [9.17, 15) is 4.79 Å². The summed E-state index contributed by atoms with van der Waals surface area (Å²) in [6.07, 6.45) is 0. The molecule has 2 aromatic heterocycles. The van der Waals surface area contributed by atoms with Gasteiger partial charge in [-0.05, 0) is 68.8 Å². The third kappa shape index (κ3) is 4.00. The summed E-state index contributed by atoms with van der Waals surface area (Å²) in [6.45, 7) is 5.86. The van der Waals surface area contributed by atoms with E-state index in [2.05, 4.69) is 20.5 Å². The van der Waals surface area contributed by atoms with Gasteiger partial charge >= 0.3 is 0 Å². The van der Waals surface area contributed by atoms with Gasteiger partial charge in [0.25, 0.3) is 5.91 Å². The summed E-state index contributed by atoms with van der Waals surface area (Å²) in [5.41, 5.74) is 6.07. The third-order valence-corrected chi connectivity index (χ3v) is 5.11. The number of pyridine rings is 1. The number of nitrogens with zero attached hydrogens (tertiary/aromatic N) is 2. The van der Waals surface area contributed by atoms with Crippen molar-refractivity contribution in [1.82, 2.24) is 20.5 Å². The topological polar surface area (TPSA) is 70.7 Å². The highest BCUT2D eigenvalue weighted by Crippen LogP contribution is 2.28. The lowest BCUT2D eigenvalue weighted by Crippen LogP contribution is -2.26. The smallest absolute Gasteiger partial charge is 0.251 e. The molecule has 1 atom stereocenters. The molecule has 0 radical (unpaired) electrons. The molecule has 29 heavy (non-hydrogen) atoms. The molecular weight excluding hydrogens is 384 g/mol. The quantitative estimate of drug-likeness (QED) is 0.479. The van der Waals surface area contributed by atoms with Crippen molar-refractivity contribution in [2.45, 2.75) is 26.8 Å². The van der Waals surface area contributed by atoms with Gasteiger partial charge in [0.2, 0.25) is 0 Å². The van der Waals surface area contributed by atoms with Gasteiger partial charge in [-0.25, -0.2) is 0 Å². The number of benzene rings is 2. The summed E-state index contributed by atoms with van der Waals surface area (Å²) in [5.74, 6) is -0.145. The molecular formula is C23H21ClN4O. The molecule has 0 aliphatic rings. The van der Waals surface area contributed by atoms with E-state index in [0.717, 1.165) is 39.1 Å². The van der Waals surface area contributed by atoms with E-state index in [-0.39, 0.29) is 11.9 Å². The minimum atomic E-state index is -0.161. The maximum atomic E-state index is 12.9. The number of H-pyrrole nitrogens is 1. The Labute approximate surface area is 174 Å². The number of halogens is 1. The highest BCUT2D eigenvalue weighted by atomic mass is 35.5. The molecule has 0 fully saturated rings. The number of hydrogen-bond acceptors (Lipinski definition) is 3. The molecule has 5 nitrogen and oxygen atoms in total. The van der Waals surface area contributed by atoms with Crippen molar-refractivity contribution in [3.05, 3.63) is 82.1 Å². The number of rotatable bonds is 4. The molecule has 2 aromatic carbocycles. The molecule has 6 heteroatoms. The van der Waals surface area contributed by atoms with E-state index in [0.29, 0.717) is 10.6 Å². The van der Waals surface area contributed by atoms with Crippen LogP contribution in [0.4, 0.5) is 0 Å². The van der Waals surface area contributed by atoms with E-state index in [4.69, 9.17) is 11.6 Å². The summed E-state index contributed by atoms with van der Waals surface area (Å²) in [5, 5.41) is 12.1. The maximum Gasteiger partial charge on any atom is 0.251 e. The summed E-state index contributed by atoms with van der Waals surface area (Å²) in [4.78, 5) is 17.3. The highest BCUT2D eigenvalue weighted by Gasteiger charge is 2.15. The van der Waals surface area contributed by atoms with Crippen LogP contribution in [0.1, 0.15) is 40.3 Å². The van der Waals surface area contributed by atoms with E-state index in [1.165, 1.54) is 0 Å². The Morgan fingerprint density at radius 1 is 1.07 bits per heavy atom. The second kappa shape index (κ2) is 7.68. The zero-order valence-corrected chi connectivity index (χ0v) is 17.2. The summed E-state index contributed by atoms with van der Waals surface area (Å²) < 4.78 is 0. The van der Waals surface area contributed by atoms with Crippen LogP contribution >= 0.6 is 11.6 Å². The van der Waals surface area contributed by atoms with Gasteiger partial charge in [-0.15, -0.1) is 0 Å². The minimum Gasteiger partial charge on any atom is -0.346 e. The minimum absolute atomic E-state index is 0.145. The number of carbonyl (C=O) groups excluding carboxylic acids is 1. The van der Waals surface area contributed by atoms with Gasteiger partial charge in [0.05, 0.1) is 11.6 Å². The zero-order chi connectivity index (χ0) is 20.5. The zero-order valence-electron chi connectivity index (χ0n) is 16.5. The molecule has 1 unspecified atom stereocenters. The fraction of sp³-hybridized carbons (Fsp3) is 0.174. The van der Waals surface area contributed by atoms with Crippen molar-refractivity contribution in [2.75, 3.05) is 0 Å². The molecule has 0 aliphatic heterocycles. The van der Waals surface area contributed by atoms with Crippen molar-refractivity contribution in [3.63, 3.8) is 0 Å². The molecule has 0 saturated carbocycles. The van der Waals surface area contributed by atoms with Crippen LogP contribution in [-0.4, -0.2) is 21.1 Å². The Balaban J connectivity index is 1.65. The van der Waals surface area contributed by atoms with Gasteiger partial charge in [0, 0.05) is 32.9 Å². The first-order chi connectivity index (χ1) is 13.9. The predicted octanol–water partition coefficient (Wildman–Crippen LogP) is 5.39. The highest BCUT2D eigenvalue weighted by molar-refractivity contribution is 6.30. The van der Waals surface area contributed by atoms with E-state index in [1.807, 2.05) is 69.3 Å². The molecule has 1 amide bonds. The SMILES string of the molecule is Cc1cc(-c2n[nH]c3ccc(C(=O)NC(C)c4cccc(Cl)c4)cc23)cc(C)n1. The van der Waals surface area contributed by atoms with Gasteiger partial charge < -0.3 is 5.32 Å². The second-order valence-corrected chi connectivity index (χ2v) is 7.66. The molecule has 0 spiro atoms. The Hall–Kier alpha value is -3.18. The lowest BCUT2D eigenvalue weighted by Gasteiger charge is -2.15. The molecule has 0 bridgehead atoms. The average Bonchev–Trinajstić information content (AvgIpc) is 3.10. The normalized spacial score (nSPS) is 12.1. The first-order valence-corrected chi connectivity index (χ1v) is 9.78. The fourth-order valence-corrected chi connectivity index (χ4v) is 3.68. The number of aryl methyl sites for hydroxylation is 2. The van der Waals surface area contributed by atoms with Crippen molar-refractivity contribution in [2.24, 2.45) is 0 Å². The van der Waals surface area contributed by atoms with E-state index >= 15 is 0 Å². The molecule has 4 rings (SSSR count). The maximum absolute atomic E-state index is 12.9. The Bertz CT molecular complexity index is 1190. The number of amides is 1. The van der Waals surface area contributed by atoms with Crippen LogP contribution in [0, 0.1) is 13.8 Å². The molecule has 0 aliphatic carbocycles. The average molecular weight is 405 g/mol. The van der Waals surface area contributed by atoms with Crippen molar-refractivity contribution in [1.29, 1.82) is 0 Å². The van der Waals surface area contributed by atoms with Crippen molar-refractivity contribution in [3.8, 4) is 11.3 Å². The molecule has 146 valence electrons. The fourth-order valence-electron chi connectivity index (χ4n) is 3.49. The largest absolute Gasteiger partial charge is 0.346 e. The molecule has 4 aromatic rings. The Kier molecular flexibility index (Phi) is 5.07. The first-order valence-electron chi connectivity index (χ1n) is 9.41. The molecule has 2 heterocycles.